The molecule has 2 rings (SSSR count). The molecule has 0 bridgehead atoms. The van der Waals surface area contributed by atoms with Crippen LogP contribution in [0.25, 0.3) is 0 Å². The van der Waals surface area contributed by atoms with E-state index >= 15 is 0 Å². The first-order chi connectivity index (χ1) is 8.72. The van der Waals surface area contributed by atoms with E-state index < -0.39 is 0 Å². The second kappa shape index (κ2) is 6.18. The van der Waals surface area contributed by atoms with E-state index in [0.717, 1.165) is 32.4 Å². The first kappa shape index (κ1) is 13.3. The second-order valence-corrected chi connectivity index (χ2v) is 5.28. The van der Waals surface area contributed by atoms with E-state index in [1.165, 1.54) is 6.42 Å². The lowest BCUT2D eigenvalue weighted by molar-refractivity contribution is -0.139. The van der Waals surface area contributed by atoms with Gasteiger partial charge in [0.05, 0.1) is 5.92 Å². The number of likely N-dealkylation sites (tertiary alicyclic amines) is 1. The van der Waals surface area contributed by atoms with Gasteiger partial charge in [-0.25, -0.2) is 0 Å². The molecular formula is C13H23N3O2. The van der Waals surface area contributed by atoms with E-state index in [9.17, 15) is 9.59 Å². The number of carbonyl (C=O) groups is 2. The molecule has 2 saturated heterocycles. The standard InChI is InChI=1S/C13H23N3O2/c1-14-6-5-11-4-2-3-7-16(11)13(18)10-8-12(17)15-9-10/h10-11,14H,2-9H2,1H3,(H,15,17). The molecule has 0 radical (unpaired) electrons. The van der Waals surface area contributed by atoms with Crippen molar-refractivity contribution in [3.8, 4) is 0 Å². The fourth-order valence-electron chi connectivity index (χ4n) is 2.92. The molecule has 2 aliphatic heterocycles. The molecule has 0 spiro atoms. The maximum absolute atomic E-state index is 12.4. The van der Waals surface area contributed by atoms with Gasteiger partial charge in [-0.05, 0) is 39.3 Å². The van der Waals surface area contributed by atoms with Crippen molar-refractivity contribution in [2.75, 3.05) is 26.7 Å². The third-order valence-electron chi connectivity index (χ3n) is 3.96. The van der Waals surface area contributed by atoms with Gasteiger partial charge in [0, 0.05) is 25.6 Å². The zero-order valence-corrected chi connectivity index (χ0v) is 11.1. The molecule has 2 aliphatic rings. The summed E-state index contributed by atoms with van der Waals surface area (Å²) in [6.07, 6.45) is 4.78. The van der Waals surface area contributed by atoms with E-state index in [1.54, 1.807) is 0 Å². The molecule has 2 N–H and O–H groups in total. The van der Waals surface area contributed by atoms with Crippen molar-refractivity contribution >= 4 is 11.8 Å². The Labute approximate surface area is 108 Å². The molecule has 0 aromatic rings. The van der Waals surface area contributed by atoms with Crippen LogP contribution in [0.2, 0.25) is 0 Å². The molecule has 2 atom stereocenters. The van der Waals surface area contributed by atoms with Crippen molar-refractivity contribution in [1.82, 2.24) is 15.5 Å². The Balaban J connectivity index is 1.94. The molecule has 0 aliphatic carbocycles. The van der Waals surface area contributed by atoms with Gasteiger partial charge in [0.2, 0.25) is 11.8 Å². The number of amides is 2. The summed E-state index contributed by atoms with van der Waals surface area (Å²) in [7, 11) is 1.94. The number of nitrogens with zero attached hydrogens (tertiary/aromatic N) is 1. The molecule has 2 amide bonds. The van der Waals surface area contributed by atoms with Gasteiger partial charge in [-0.2, -0.15) is 0 Å². The zero-order chi connectivity index (χ0) is 13.0. The Morgan fingerprint density at radius 2 is 2.33 bits per heavy atom. The number of rotatable bonds is 4. The Morgan fingerprint density at radius 1 is 1.50 bits per heavy atom. The maximum Gasteiger partial charge on any atom is 0.228 e. The summed E-state index contributed by atoms with van der Waals surface area (Å²) < 4.78 is 0. The summed E-state index contributed by atoms with van der Waals surface area (Å²) >= 11 is 0. The summed E-state index contributed by atoms with van der Waals surface area (Å²) in [5.74, 6) is 0.0546. The highest BCUT2D eigenvalue weighted by molar-refractivity contribution is 5.89. The van der Waals surface area contributed by atoms with Crippen molar-refractivity contribution in [3.63, 3.8) is 0 Å². The summed E-state index contributed by atoms with van der Waals surface area (Å²) in [5.41, 5.74) is 0. The molecule has 102 valence electrons. The van der Waals surface area contributed by atoms with Crippen LogP contribution in [0.15, 0.2) is 0 Å². The molecular weight excluding hydrogens is 230 g/mol. The van der Waals surface area contributed by atoms with Crippen LogP contribution in [-0.4, -0.2) is 49.4 Å². The van der Waals surface area contributed by atoms with E-state index in [2.05, 4.69) is 10.6 Å². The van der Waals surface area contributed by atoms with Crippen LogP contribution in [0.5, 0.6) is 0 Å². The normalized spacial score (nSPS) is 28.3. The number of piperidine rings is 1. The van der Waals surface area contributed by atoms with Gasteiger partial charge in [0.1, 0.15) is 0 Å². The minimum absolute atomic E-state index is 0.0112. The van der Waals surface area contributed by atoms with Crippen molar-refractivity contribution in [2.45, 2.75) is 38.1 Å². The van der Waals surface area contributed by atoms with Crippen LogP contribution in [0, 0.1) is 5.92 Å². The molecule has 5 heteroatoms. The van der Waals surface area contributed by atoms with Crippen LogP contribution in [0.1, 0.15) is 32.1 Å². The van der Waals surface area contributed by atoms with Gasteiger partial charge in [-0.1, -0.05) is 0 Å². The maximum atomic E-state index is 12.4. The molecule has 2 unspecified atom stereocenters. The number of nitrogens with one attached hydrogen (secondary N) is 2. The Kier molecular flexibility index (Phi) is 4.58. The monoisotopic (exact) mass is 253 g/mol. The van der Waals surface area contributed by atoms with Crippen molar-refractivity contribution in [3.05, 3.63) is 0 Å². The lowest BCUT2D eigenvalue weighted by Gasteiger charge is -2.37. The van der Waals surface area contributed by atoms with E-state index in [4.69, 9.17) is 0 Å². The van der Waals surface area contributed by atoms with Gasteiger partial charge >= 0.3 is 0 Å². The highest BCUT2D eigenvalue weighted by Crippen LogP contribution is 2.23. The van der Waals surface area contributed by atoms with Gasteiger partial charge in [0.15, 0.2) is 0 Å². The number of hydrogen-bond acceptors (Lipinski definition) is 3. The first-order valence-corrected chi connectivity index (χ1v) is 6.94. The Hall–Kier alpha value is -1.10. The zero-order valence-electron chi connectivity index (χ0n) is 11.1. The molecule has 18 heavy (non-hydrogen) atoms. The SMILES string of the molecule is CNCCC1CCCCN1C(=O)C1CNC(=O)C1. The predicted molar refractivity (Wildman–Crippen MR) is 69.0 cm³/mol. The largest absolute Gasteiger partial charge is 0.355 e. The lowest BCUT2D eigenvalue weighted by atomic mass is 9.96. The molecule has 0 aromatic heterocycles. The second-order valence-electron chi connectivity index (χ2n) is 5.28. The third-order valence-corrected chi connectivity index (χ3v) is 3.96. The number of hydrogen-bond donors (Lipinski definition) is 2. The Morgan fingerprint density at radius 3 is 3.00 bits per heavy atom. The minimum Gasteiger partial charge on any atom is -0.355 e. The van der Waals surface area contributed by atoms with Crippen LogP contribution in [0.4, 0.5) is 0 Å². The van der Waals surface area contributed by atoms with Crippen molar-refractivity contribution < 1.29 is 9.59 Å². The van der Waals surface area contributed by atoms with E-state index in [0.29, 0.717) is 19.0 Å². The fourth-order valence-corrected chi connectivity index (χ4v) is 2.92. The van der Waals surface area contributed by atoms with Gasteiger partial charge in [-0.3, -0.25) is 9.59 Å². The van der Waals surface area contributed by atoms with E-state index in [1.807, 2.05) is 11.9 Å². The molecule has 2 fully saturated rings. The highest BCUT2D eigenvalue weighted by Gasteiger charge is 2.35. The van der Waals surface area contributed by atoms with Crippen LogP contribution >= 0.6 is 0 Å². The topological polar surface area (TPSA) is 61.4 Å². The molecule has 2 heterocycles. The predicted octanol–water partition coefficient (Wildman–Crippen LogP) is 0.113. The molecule has 0 saturated carbocycles. The summed E-state index contributed by atoms with van der Waals surface area (Å²) in [5, 5.41) is 5.90. The van der Waals surface area contributed by atoms with E-state index in [-0.39, 0.29) is 17.7 Å². The van der Waals surface area contributed by atoms with Gasteiger partial charge in [-0.15, -0.1) is 0 Å². The lowest BCUT2D eigenvalue weighted by Crippen LogP contribution is -2.47. The summed E-state index contributed by atoms with van der Waals surface area (Å²) in [4.78, 5) is 25.7. The quantitative estimate of drug-likeness (QED) is 0.748. The van der Waals surface area contributed by atoms with Gasteiger partial charge < -0.3 is 15.5 Å². The molecule has 5 nitrogen and oxygen atoms in total. The number of carbonyl (C=O) groups excluding carboxylic acids is 2. The molecule has 0 aromatic carbocycles. The fraction of sp³-hybridized carbons (Fsp3) is 0.846. The first-order valence-electron chi connectivity index (χ1n) is 6.94. The van der Waals surface area contributed by atoms with Crippen LogP contribution < -0.4 is 10.6 Å². The van der Waals surface area contributed by atoms with Crippen LogP contribution in [0.3, 0.4) is 0 Å². The van der Waals surface area contributed by atoms with Crippen molar-refractivity contribution in [1.29, 1.82) is 0 Å². The average Bonchev–Trinajstić information content (AvgIpc) is 2.82. The Bertz CT molecular complexity index is 319. The van der Waals surface area contributed by atoms with Crippen molar-refractivity contribution in [2.24, 2.45) is 5.92 Å². The summed E-state index contributed by atoms with van der Waals surface area (Å²) in [6.45, 7) is 2.32. The highest BCUT2D eigenvalue weighted by atomic mass is 16.2. The third kappa shape index (κ3) is 3.02. The average molecular weight is 253 g/mol. The van der Waals surface area contributed by atoms with Gasteiger partial charge in [0.25, 0.3) is 0 Å². The summed E-state index contributed by atoms with van der Waals surface area (Å²) in [6, 6.07) is 0.356. The van der Waals surface area contributed by atoms with Crippen LogP contribution in [-0.2, 0) is 9.59 Å². The minimum atomic E-state index is -0.132. The smallest absolute Gasteiger partial charge is 0.228 e.